The van der Waals surface area contributed by atoms with Crippen LogP contribution in [0.2, 0.25) is 0 Å². The van der Waals surface area contributed by atoms with Crippen molar-refractivity contribution in [3.8, 4) is 0 Å². The second-order valence-electron chi connectivity index (χ2n) is 6.12. The molecule has 1 atom stereocenters. The van der Waals surface area contributed by atoms with Gasteiger partial charge in [-0.15, -0.1) is 0 Å². The Hall–Kier alpha value is -2.05. The highest BCUT2D eigenvalue weighted by molar-refractivity contribution is 6.04. The fourth-order valence-corrected chi connectivity index (χ4v) is 1.66. The average Bonchev–Trinajstić information content (AvgIpc) is 2.45. The van der Waals surface area contributed by atoms with E-state index in [4.69, 9.17) is 4.74 Å². The predicted octanol–water partition coefficient (Wildman–Crippen LogP) is 4.26. The molecular formula is C17H23F3N2O2. The largest absolute Gasteiger partial charge is 0.462 e. The zero-order valence-electron chi connectivity index (χ0n) is 14.4. The van der Waals surface area contributed by atoms with Crippen LogP contribution in [0, 0.1) is 5.92 Å². The Balaban J connectivity index is 3.00. The van der Waals surface area contributed by atoms with Crippen LogP contribution in [0.5, 0.6) is 0 Å². The minimum absolute atomic E-state index is 0.00797. The summed E-state index contributed by atoms with van der Waals surface area (Å²) >= 11 is 0. The van der Waals surface area contributed by atoms with Crippen LogP contribution in [0.3, 0.4) is 0 Å². The minimum Gasteiger partial charge on any atom is -0.462 e. The van der Waals surface area contributed by atoms with E-state index in [1.54, 1.807) is 13.8 Å². The van der Waals surface area contributed by atoms with Gasteiger partial charge in [-0.1, -0.05) is 19.9 Å². The number of carbonyl (C=O) groups is 1. The second-order valence-corrected chi connectivity index (χ2v) is 6.12. The summed E-state index contributed by atoms with van der Waals surface area (Å²) < 4.78 is 43.7. The van der Waals surface area contributed by atoms with Crippen molar-refractivity contribution in [1.82, 2.24) is 5.32 Å². The molecule has 0 saturated carbocycles. The first-order valence-corrected chi connectivity index (χ1v) is 7.73. The standard InChI is InChI=1S/C17H23F3N2O2/c1-10(2)12(5)21-16(24-11(3)4)22-15(23)13-7-6-8-14(9-13)17(18,19)20/h6-12H,1-5H3,(H,21,22,23)/t12-/m1/s1. The van der Waals surface area contributed by atoms with Crippen molar-refractivity contribution in [3.63, 3.8) is 0 Å². The van der Waals surface area contributed by atoms with Crippen LogP contribution in [-0.2, 0) is 10.9 Å². The van der Waals surface area contributed by atoms with Gasteiger partial charge in [-0.25, -0.2) is 4.99 Å². The predicted molar refractivity (Wildman–Crippen MR) is 86.9 cm³/mol. The van der Waals surface area contributed by atoms with Gasteiger partial charge in [0.05, 0.1) is 17.7 Å². The van der Waals surface area contributed by atoms with Crippen molar-refractivity contribution in [2.45, 2.75) is 52.9 Å². The van der Waals surface area contributed by atoms with Gasteiger partial charge in [0.2, 0.25) is 0 Å². The average molecular weight is 344 g/mol. The molecule has 7 heteroatoms. The Morgan fingerprint density at radius 3 is 2.29 bits per heavy atom. The number of amidine groups is 1. The molecule has 0 aliphatic heterocycles. The van der Waals surface area contributed by atoms with Gasteiger partial charge in [0.25, 0.3) is 11.9 Å². The van der Waals surface area contributed by atoms with Crippen LogP contribution in [0.25, 0.3) is 0 Å². The van der Waals surface area contributed by atoms with Crippen molar-refractivity contribution in [2.75, 3.05) is 0 Å². The normalized spacial score (nSPS) is 14.0. The van der Waals surface area contributed by atoms with E-state index in [2.05, 4.69) is 10.3 Å². The minimum atomic E-state index is -4.51. The highest BCUT2D eigenvalue weighted by atomic mass is 19.4. The topological polar surface area (TPSA) is 50.7 Å². The molecule has 0 aromatic heterocycles. The molecule has 1 aromatic rings. The van der Waals surface area contributed by atoms with Crippen LogP contribution in [-0.4, -0.2) is 24.1 Å². The Morgan fingerprint density at radius 1 is 1.17 bits per heavy atom. The van der Waals surface area contributed by atoms with Gasteiger partial charge in [-0.05, 0) is 44.9 Å². The lowest BCUT2D eigenvalue weighted by molar-refractivity contribution is -0.137. The maximum absolute atomic E-state index is 12.7. The summed E-state index contributed by atoms with van der Waals surface area (Å²) in [5.74, 6) is -0.474. The van der Waals surface area contributed by atoms with Crippen LogP contribution in [0.15, 0.2) is 29.3 Å². The van der Waals surface area contributed by atoms with Crippen molar-refractivity contribution in [2.24, 2.45) is 10.9 Å². The molecule has 24 heavy (non-hydrogen) atoms. The number of alkyl halides is 3. The van der Waals surface area contributed by atoms with Crippen molar-refractivity contribution in [3.05, 3.63) is 35.4 Å². The van der Waals surface area contributed by atoms with Gasteiger partial charge in [-0.3, -0.25) is 10.1 Å². The lowest BCUT2D eigenvalue weighted by Crippen LogP contribution is -2.35. The molecule has 0 aliphatic carbocycles. The first-order valence-electron chi connectivity index (χ1n) is 7.73. The third-order valence-electron chi connectivity index (χ3n) is 3.31. The molecule has 1 rings (SSSR count). The van der Waals surface area contributed by atoms with Gasteiger partial charge < -0.3 is 4.74 Å². The number of rotatable bonds is 4. The smallest absolute Gasteiger partial charge is 0.416 e. The molecule has 0 radical (unpaired) electrons. The number of aliphatic imine (C=N–C) groups is 1. The Labute approximate surface area is 140 Å². The van der Waals surface area contributed by atoms with E-state index in [0.29, 0.717) is 0 Å². The summed E-state index contributed by atoms with van der Waals surface area (Å²) in [4.78, 5) is 16.5. The number of carbonyl (C=O) groups excluding carboxylic acids is 1. The molecule has 1 N–H and O–H groups in total. The maximum atomic E-state index is 12.7. The third kappa shape index (κ3) is 6.22. The Kier molecular flexibility index (Phi) is 6.81. The molecule has 1 aromatic carbocycles. The van der Waals surface area contributed by atoms with Gasteiger partial charge in [0.15, 0.2) is 0 Å². The molecule has 4 nitrogen and oxygen atoms in total. The third-order valence-corrected chi connectivity index (χ3v) is 3.31. The summed E-state index contributed by atoms with van der Waals surface area (Å²) in [5, 5.41) is 2.45. The van der Waals surface area contributed by atoms with Gasteiger partial charge in [0, 0.05) is 5.56 Å². The van der Waals surface area contributed by atoms with Crippen LogP contribution in [0.1, 0.15) is 50.5 Å². The number of halogens is 3. The molecule has 134 valence electrons. The maximum Gasteiger partial charge on any atom is 0.416 e. The van der Waals surface area contributed by atoms with Crippen LogP contribution < -0.4 is 5.32 Å². The molecule has 0 saturated heterocycles. The van der Waals surface area contributed by atoms with E-state index in [1.165, 1.54) is 12.1 Å². The highest BCUT2D eigenvalue weighted by Gasteiger charge is 2.31. The van der Waals surface area contributed by atoms with Gasteiger partial charge >= 0.3 is 6.18 Å². The zero-order valence-corrected chi connectivity index (χ0v) is 14.4. The number of hydrogen-bond donors (Lipinski definition) is 1. The highest BCUT2D eigenvalue weighted by Crippen LogP contribution is 2.29. The van der Waals surface area contributed by atoms with E-state index in [0.717, 1.165) is 12.1 Å². The number of nitrogens with one attached hydrogen (secondary N) is 1. The molecular weight excluding hydrogens is 321 g/mol. The molecule has 1 amide bonds. The molecule has 0 heterocycles. The summed E-state index contributed by atoms with van der Waals surface area (Å²) in [6, 6.07) is 4.11. The van der Waals surface area contributed by atoms with Crippen molar-refractivity contribution in [1.29, 1.82) is 0 Å². The van der Waals surface area contributed by atoms with E-state index in [-0.39, 0.29) is 29.6 Å². The summed E-state index contributed by atoms with van der Waals surface area (Å²) in [7, 11) is 0. The SMILES string of the molecule is CC(C)OC(=N[C@H](C)C(C)C)NC(=O)c1cccc(C(F)(F)F)c1. The number of benzene rings is 1. The number of nitrogens with zero attached hydrogens (tertiary/aromatic N) is 1. The summed E-state index contributed by atoms with van der Waals surface area (Å²) in [6.07, 6.45) is -4.74. The van der Waals surface area contributed by atoms with Gasteiger partial charge in [-0.2, -0.15) is 13.2 Å². The molecule has 0 aliphatic rings. The fourth-order valence-electron chi connectivity index (χ4n) is 1.66. The van der Waals surface area contributed by atoms with E-state index >= 15 is 0 Å². The second kappa shape index (κ2) is 8.17. The fraction of sp³-hybridized carbons (Fsp3) is 0.529. The van der Waals surface area contributed by atoms with Crippen LogP contribution >= 0.6 is 0 Å². The molecule has 0 bridgehead atoms. The number of hydrogen-bond acceptors (Lipinski definition) is 3. The summed E-state index contributed by atoms with van der Waals surface area (Å²) in [6.45, 7) is 9.34. The number of amides is 1. The lowest BCUT2D eigenvalue weighted by Gasteiger charge is -2.17. The van der Waals surface area contributed by atoms with Crippen LogP contribution in [0.4, 0.5) is 13.2 Å². The first kappa shape index (κ1) is 20.0. The van der Waals surface area contributed by atoms with Gasteiger partial charge in [0.1, 0.15) is 0 Å². The zero-order chi connectivity index (χ0) is 18.5. The summed E-state index contributed by atoms with van der Waals surface area (Å²) in [5.41, 5.74) is -0.990. The first-order chi connectivity index (χ1) is 11.0. The molecule has 0 fully saturated rings. The van der Waals surface area contributed by atoms with E-state index < -0.39 is 17.6 Å². The molecule has 0 spiro atoms. The van der Waals surface area contributed by atoms with E-state index in [9.17, 15) is 18.0 Å². The lowest BCUT2D eigenvalue weighted by atomic mass is 10.1. The Morgan fingerprint density at radius 2 is 1.79 bits per heavy atom. The quantitative estimate of drug-likeness (QED) is 0.655. The van der Waals surface area contributed by atoms with E-state index in [1.807, 2.05) is 20.8 Å². The van der Waals surface area contributed by atoms with Crippen molar-refractivity contribution >= 4 is 11.9 Å². The monoisotopic (exact) mass is 344 g/mol. The van der Waals surface area contributed by atoms with Crippen molar-refractivity contribution < 1.29 is 22.7 Å². The Bertz CT molecular complexity index is 596. The number of ether oxygens (including phenoxy) is 1. The molecule has 0 unspecified atom stereocenters.